The summed E-state index contributed by atoms with van der Waals surface area (Å²) < 4.78 is 10.9. The number of amides is 3. The Morgan fingerprint density at radius 2 is 1.96 bits per heavy atom. The van der Waals surface area contributed by atoms with Crippen molar-refractivity contribution in [3.63, 3.8) is 0 Å². The third-order valence-electron chi connectivity index (χ3n) is 4.03. The molecule has 3 amide bonds. The molecule has 2 aliphatic rings. The Balaban J connectivity index is 1.52. The molecule has 0 aliphatic carbocycles. The molecule has 2 rings (SSSR count). The zero-order valence-electron chi connectivity index (χ0n) is 14.9. The minimum absolute atomic E-state index is 0.0463. The van der Waals surface area contributed by atoms with E-state index in [0.717, 1.165) is 19.7 Å². The molecule has 0 aromatic carbocycles. The van der Waals surface area contributed by atoms with Gasteiger partial charge < -0.3 is 25.4 Å². The van der Waals surface area contributed by atoms with Crippen LogP contribution >= 0.6 is 0 Å². The number of morpholine rings is 1. The van der Waals surface area contributed by atoms with Gasteiger partial charge >= 0.3 is 12.1 Å². The first-order chi connectivity index (χ1) is 11.3. The van der Waals surface area contributed by atoms with Crippen LogP contribution in [0.5, 0.6) is 0 Å². The lowest BCUT2D eigenvalue weighted by atomic mass is 10.2. The van der Waals surface area contributed by atoms with Crippen molar-refractivity contribution >= 4 is 12.1 Å². The summed E-state index contributed by atoms with van der Waals surface area (Å²) in [6.07, 6.45) is 2.01. The summed E-state index contributed by atoms with van der Waals surface area (Å²) in [5.74, 6) is 0. The van der Waals surface area contributed by atoms with Crippen LogP contribution in [-0.2, 0) is 9.47 Å². The number of ether oxygens (including phenoxy) is 2. The van der Waals surface area contributed by atoms with Gasteiger partial charge in [0.1, 0.15) is 5.60 Å². The molecule has 2 heterocycles. The minimum Gasteiger partial charge on any atom is -0.444 e. The van der Waals surface area contributed by atoms with E-state index in [1.165, 1.54) is 12.8 Å². The van der Waals surface area contributed by atoms with Crippen molar-refractivity contribution in [2.24, 2.45) is 0 Å². The molecule has 0 radical (unpaired) electrons. The second kappa shape index (κ2) is 8.53. The number of nitrogens with one attached hydrogen (secondary N) is 3. The van der Waals surface area contributed by atoms with E-state index in [1.54, 1.807) is 20.8 Å². The number of alkyl carbamates (subject to hydrolysis) is 1. The Morgan fingerprint density at radius 3 is 2.71 bits per heavy atom. The molecule has 3 N–H and O–H groups in total. The maximum atomic E-state index is 11.8. The first kappa shape index (κ1) is 18.8. The average Bonchev–Trinajstić information content (AvgIpc) is 2.95. The van der Waals surface area contributed by atoms with Gasteiger partial charge in [-0.1, -0.05) is 0 Å². The zero-order chi connectivity index (χ0) is 17.6. The molecular weight excluding hydrogens is 312 g/mol. The lowest BCUT2D eigenvalue weighted by molar-refractivity contribution is -0.0457. The molecule has 2 fully saturated rings. The maximum absolute atomic E-state index is 11.8. The topological polar surface area (TPSA) is 91.9 Å². The van der Waals surface area contributed by atoms with E-state index < -0.39 is 11.7 Å². The van der Waals surface area contributed by atoms with Crippen molar-refractivity contribution in [1.82, 2.24) is 20.9 Å². The van der Waals surface area contributed by atoms with Gasteiger partial charge in [-0.05, 0) is 40.2 Å². The molecule has 2 saturated heterocycles. The fourth-order valence-corrected chi connectivity index (χ4v) is 2.93. The minimum atomic E-state index is -0.525. The predicted octanol–water partition coefficient (Wildman–Crippen LogP) is 0.674. The highest BCUT2D eigenvalue weighted by atomic mass is 16.6. The SMILES string of the molecule is CC(C)(C)OC(=O)NCCNC(=O)NC[C@@H]1CN2CCC[C@@H]2CO1. The number of carbonyl (C=O) groups excluding carboxylic acids is 2. The molecule has 0 spiro atoms. The van der Waals surface area contributed by atoms with Crippen LogP contribution in [0.15, 0.2) is 0 Å². The van der Waals surface area contributed by atoms with E-state index in [-0.39, 0.29) is 12.1 Å². The summed E-state index contributed by atoms with van der Waals surface area (Å²) in [5.41, 5.74) is -0.525. The monoisotopic (exact) mass is 342 g/mol. The van der Waals surface area contributed by atoms with Gasteiger partial charge in [0.25, 0.3) is 0 Å². The van der Waals surface area contributed by atoms with Gasteiger partial charge in [0.05, 0.1) is 12.7 Å². The maximum Gasteiger partial charge on any atom is 0.407 e. The number of fused-ring (bicyclic) bond motifs is 1. The summed E-state index contributed by atoms with van der Waals surface area (Å²) in [7, 11) is 0. The van der Waals surface area contributed by atoms with Crippen molar-refractivity contribution in [3.05, 3.63) is 0 Å². The predicted molar refractivity (Wildman–Crippen MR) is 90.0 cm³/mol. The van der Waals surface area contributed by atoms with E-state index in [1.807, 2.05) is 0 Å². The first-order valence-corrected chi connectivity index (χ1v) is 8.68. The van der Waals surface area contributed by atoms with Crippen LogP contribution in [0.1, 0.15) is 33.6 Å². The molecule has 0 bridgehead atoms. The number of hydrogen-bond acceptors (Lipinski definition) is 5. The standard InChI is InChI=1S/C16H30N4O4/c1-16(2,3)24-15(22)18-7-6-17-14(21)19-9-13-10-20-8-4-5-12(20)11-23-13/h12-13H,4-11H2,1-3H3,(H,18,22)(H2,17,19,21)/t12-,13-/m1/s1. The van der Waals surface area contributed by atoms with Crippen LogP contribution in [0.3, 0.4) is 0 Å². The second-order valence-corrected chi connectivity index (χ2v) is 7.31. The highest BCUT2D eigenvalue weighted by Crippen LogP contribution is 2.22. The molecule has 2 atom stereocenters. The summed E-state index contributed by atoms with van der Waals surface area (Å²) in [6, 6.07) is 0.308. The van der Waals surface area contributed by atoms with Gasteiger partial charge in [0.15, 0.2) is 0 Å². The van der Waals surface area contributed by atoms with Crippen molar-refractivity contribution in [2.75, 3.05) is 39.3 Å². The van der Waals surface area contributed by atoms with Crippen LogP contribution in [0.25, 0.3) is 0 Å². The van der Waals surface area contributed by atoms with Crippen LogP contribution < -0.4 is 16.0 Å². The normalized spacial score (nSPS) is 24.1. The van der Waals surface area contributed by atoms with E-state index in [0.29, 0.717) is 25.7 Å². The summed E-state index contributed by atoms with van der Waals surface area (Å²) in [4.78, 5) is 25.6. The van der Waals surface area contributed by atoms with Crippen LogP contribution in [0.4, 0.5) is 9.59 Å². The fourth-order valence-electron chi connectivity index (χ4n) is 2.93. The molecule has 138 valence electrons. The van der Waals surface area contributed by atoms with Gasteiger partial charge in [-0.15, -0.1) is 0 Å². The van der Waals surface area contributed by atoms with Crippen molar-refractivity contribution < 1.29 is 19.1 Å². The molecule has 0 aromatic rings. The average molecular weight is 342 g/mol. The fraction of sp³-hybridized carbons (Fsp3) is 0.875. The first-order valence-electron chi connectivity index (χ1n) is 8.68. The number of nitrogens with zero attached hydrogens (tertiary/aromatic N) is 1. The lowest BCUT2D eigenvalue weighted by Crippen LogP contribution is -2.51. The number of carbonyl (C=O) groups is 2. The highest BCUT2D eigenvalue weighted by Gasteiger charge is 2.32. The highest BCUT2D eigenvalue weighted by molar-refractivity contribution is 5.74. The summed E-state index contributed by atoms with van der Waals surface area (Å²) >= 11 is 0. The van der Waals surface area contributed by atoms with Crippen molar-refractivity contribution in [1.29, 1.82) is 0 Å². The van der Waals surface area contributed by atoms with E-state index >= 15 is 0 Å². The second-order valence-electron chi connectivity index (χ2n) is 7.31. The van der Waals surface area contributed by atoms with Crippen LogP contribution in [0, 0.1) is 0 Å². The van der Waals surface area contributed by atoms with E-state index in [4.69, 9.17) is 9.47 Å². The van der Waals surface area contributed by atoms with Gasteiger partial charge in [-0.25, -0.2) is 9.59 Å². The smallest absolute Gasteiger partial charge is 0.407 e. The molecule has 8 heteroatoms. The molecule has 0 aromatic heterocycles. The Hall–Kier alpha value is -1.54. The van der Waals surface area contributed by atoms with Gasteiger partial charge in [-0.3, -0.25) is 4.90 Å². The summed E-state index contributed by atoms with van der Waals surface area (Å²) in [6.45, 7) is 9.32. The Morgan fingerprint density at radius 1 is 1.21 bits per heavy atom. The van der Waals surface area contributed by atoms with Crippen molar-refractivity contribution in [2.45, 2.75) is 51.4 Å². The third-order valence-corrected chi connectivity index (χ3v) is 4.03. The molecular formula is C16H30N4O4. The molecule has 0 saturated carbocycles. The van der Waals surface area contributed by atoms with Gasteiger partial charge in [0, 0.05) is 32.2 Å². The number of rotatable bonds is 5. The Bertz CT molecular complexity index is 438. The van der Waals surface area contributed by atoms with Crippen molar-refractivity contribution in [3.8, 4) is 0 Å². The Labute approximate surface area is 143 Å². The quantitative estimate of drug-likeness (QED) is 0.639. The molecule has 2 aliphatic heterocycles. The number of urea groups is 1. The van der Waals surface area contributed by atoms with E-state index in [2.05, 4.69) is 20.9 Å². The third kappa shape index (κ3) is 6.52. The Kier molecular flexibility index (Phi) is 6.68. The lowest BCUT2D eigenvalue weighted by Gasteiger charge is -2.35. The van der Waals surface area contributed by atoms with Gasteiger partial charge in [-0.2, -0.15) is 0 Å². The van der Waals surface area contributed by atoms with Crippen LogP contribution in [0.2, 0.25) is 0 Å². The summed E-state index contributed by atoms with van der Waals surface area (Å²) in [5, 5.41) is 8.10. The van der Waals surface area contributed by atoms with Gasteiger partial charge in [0.2, 0.25) is 0 Å². The zero-order valence-corrected chi connectivity index (χ0v) is 14.9. The molecule has 8 nitrogen and oxygen atoms in total. The van der Waals surface area contributed by atoms with E-state index in [9.17, 15) is 9.59 Å². The largest absolute Gasteiger partial charge is 0.444 e. The molecule has 24 heavy (non-hydrogen) atoms. The van der Waals surface area contributed by atoms with Crippen LogP contribution in [-0.4, -0.2) is 74.1 Å². The number of hydrogen-bond donors (Lipinski definition) is 3. The molecule has 0 unspecified atom stereocenters.